The van der Waals surface area contributed by atoms with Crippen LogP contribution in [0.25, 0.3) is 0 Å². The molecule has 1 N–H and O–H groups in total. The summed E-state index contributed by atoms with van der Waals surface area (Å²) in [7, 11) is 1.01. The van der Waals surface area contributed by atoms with Crippen LogP contribution in [0.15, 0.2) is 53.4 Å². The van der Waals surface area contributed by atoms with Crippen LogP contribution >= 0.6 is 11.6 Å². The van der Waals surface area contributed by atoms with Crippen LogP contribution in [-0.2, 0) is 16.6 Å². The normalized spacial score (nSPS) is 11.4. The highest BCUT2D eigenvalue weighted by Gasteiger charge is 2.18. The standard InChI is InChI=1S/C17H20ClN3O3S/c1-20(2)25(23,24)16-9-5-8-15(11-16)19-17(22)21(3)12-13-6-4-7-14(18)10-13/h4-11H,12H2,1-3H3,(H,19,22). The van der Waals surface area contributed by atoms with Gasteiger partial charge >= 0.3 is 6.03 Å². The first-order chi connectivity index (χ1) is 11.7. The highest BCUT2D eigenvalue weighted by atomic mass is 35.5. The van der Waals surface area contributed by atoms with Crippen molar-refractivity contribution in [3.05, 3.63) is 59.1 Å². The third-order valence-electron chi connectivity index (χ3n) is 3.52. The number of hydrogen-bond acceptors (Lipinski definition) is 3. The van der Waals surface area contributed by atoms with Gasteiger partial charge in [-0.3, -0.25) is 0 Å². The first kappa shape index (κ1) is 19.2. The van der Waals surface area contributed by atoms with Crippen LogP contribution < -0.4 is 5.32 Å². The summed E-state index contributed by atoms with van der Waals surface area (Å²) in [6.07, 6.45) is 0. The Morgan fingerprint density at radius 1 is 1.08 bits per heavy atom. The molecule has 8 heteroatoms. The molecule has 2 amide bonds. The van der Waals surface area contributed by atoms with Crippen LogP contribution in [0.2, 0.25) is 5.02 Å². The molecular weight excluding hydrogens is 362 g/mol. The summed E-state index contributed by atoms with van der Waals surface area (Å²) in [5.41, 5.74) is 1.31. The average molecular weight is 382 g/mol. The molecule has 2 rings (SSSR count). The predicted molar refractivity (Wildman–Crippen MR) is 99.3 cm³/mol. The van der Waals surface area contributed by atoms with E-state index in [2.05, 4.69) is 5.32 Å². The monoisotopic (exact) mass is 381 g/mol. The van der Waals surface area contributed by atoms with E-state index in [0.717, 1.165) is 9.87 Å². The Hall–Kier alpha value is -2.09. The summed E-state index contributed by atoms with van der Waals surface area (Å²) in [6, 6.07) is 13.0. The van der Waals surface area contributed by atoms with Gasteiger partial charge in [-0.15, -0.1) is 0 Å². The summed E-state index contributed by atoms with van der Waals surface area (Å²) in [4.78, 5) is 13.9. The van der Waals surface area contributed by atoms with Crippen molar-refractivity contribution < 1.29 is 13.2 Å². The van der Waals surface area contributed by atoms with Gasteiger partial charge in [-0.25, -0.2) is 17.5 Å². The number of hydrogen-bond donors (Lipinski definition) is 1. The number of halogens is 1. The summed E-state index contributed by atoms with van der Waals surface area (Å²) >= 11 is 5.94. The van der Waals surface area contributed by atoms with Crippen LogP contribution in [-0.4, -0.2) is 44.8 Å². The molecule has 2 aromatic carbocycles. The van der Waals surface area contributed by atoms with Gasteiger partial charge in [0.15, 0.2) is 0 Å². The second kappa shape index (κ2) is 7.86. The van der Waals surface area contributed by atoms with Crippen LogP contribution in [0.5, 0.6) is 0 Å². The fourth-order valence-corrected chi connectivity index (χ4v) is 3.31. The van der Waals surface area contributed by atoms with E-state index in [1.54, 1.807) is 31.3 Å². The van der Waals surface area contributed by atoms with Crippen molar-refractivity contribution in [2.45, 2.75) is 11.4 Å². The number of rotatable bonds is 5. The molecule has 0 saturated carbocycles. The quantitative estimate of drug-likeness (QED) is 0.864. The zero-order valence-electron chi connectivity index (χ0n) is 14.2. The Labute approximate surface area is 153 Å². The molecule has 0 saturated heterocycles. The van der Waals surface area contributed by atoms with Gasteiger partial charge in [0.1, 0.15) is 0 Å². The molecule has 0 aliphatic carbocycles. The third kappa shape index (κ3) is 4.94. The number of benzene rings is 2. The maximum atomic E-state index is 12.3. The first-order valence-corrected chi connectivity index (χ1v) is 9.31. The molecule has 2 aromatic rings. The van der Waals surface area contributed by atoms with Gasteiger partial charge in [0.2, 0.25) is 10.0 Å². The van der Waals surface area contributed by atoms with Crippen molar-refractivity contribution in [3.63, 3.8) is 0 Å². The third-order valence-corrected chi connectivity index (χ3v) is 5.57. The van der Waals surface area contributed by atoms with Crippen molar-refractivity contribution >= 4 is 33.3 Å². The number of anilines is 1. The van der Waals surface area contributed by atoms with Crippen LogP contribution in [0, 0.1) is 0 Å². The van der Waals surface area contributed by atoms with Crippen LogP contribution in [0.4, 0.5) is 10.5 Å². The SMILES string of the molecule is CN(Cc1cccc(Cl)c1)C(=O)Nc1cccc(S(=O)(=O)N(C)C)c1. The Bertz CT molecular complexity index is 869. The minimum atomic E-state index is -3.55. The Morgan fingerprint density at radius 2 is 1.76 bits per heavy atom. The van der Waals surface area contributed by atoms with E-state index < -0.39 is 10.0 Å². The number of carbonyl (C=O) groups excluding carboxylic acids is 1. The van der Waals surface area contributed by atoms with Gasteiger partial charge in [0.05, 0.1) is 4.90 Å². The van der Waals surface area contributed by atoms with Crippen molar-refractivity contribution in [2.24, 2.45) is 0 Å². The molecule has 134 valence electrons. The number of amides is 2. The van der Waals surface area contributed by atoms with Crippen molar-refractivity contribution in [1.29, 1.82) is 0 Å². The van der Waals surface area contributed by atoms with E-state index in [0.29, 0.717) is 17.3 Å². The number of urea groups is 1. The fraction of sp³-hybridized carbons (Fsp3) is 0.235. The molecule has 0 aromatic heterocycles. The van der Waals surface area contributed by atoms with E-state index in [1.165, 1.54) is 31.1 Å². The Balaban J connectivity index is 2.10. The molecule has 0 spiro atoms. The van der Waals surface area contributed by atoms with Gasteiger partial charge in [-0.05, 0) is 35.9 Å². The van der Waals surface area contributed by atoms with Gasteiger partial charge in [-0.1, -0.05) is 29.8 Å². The molecule has 25 heavy (non-hydrogen) atoms. The molecule has 0 radical (unpaired) electrons. The zero-order valence-corrected chi connectivity index (χ0v) is 15.8. The molecule has 0 bridgehead atoms. The van der Waals surface area contributed by atoms with Crippen LogP contribution in [0.3, 0.4) is 0 Å². The molecule has 0 unspecified atom stereocenters. The number of sulfonamides is 1. The number of nitrogens with zero attached hydrogens (tertiary/aromatic N) is 2. The highest BCUT2D eigenvalue weighted by molar-refractivity contribution is 7.89. The van der Waals surface area contributed by atoms with E-state index in [-0.39, 0.29) is 10.9 Å². The molecule has 0 aliphatic rings. The molecule has 0 aliphatic heterocycles. The minimum Gasteiger partial charge on any atom is -0.323 e. The summed E-state index contributed by atoms with van der Waals surface area (Å²) in [5, 5.41) is 3.30. The second-order valence-electron chi connectivity index (χ2n) is 5.73. The molecule has 6 nitrogen and oxygen atoms in total. The molecule has 0 atom stereocenters. The molecule has 0 fully saturated rings. The highest BCUT2D eigenvalue weighted by Crippen LogP contribution is 2.18. The lowest BCUT2D eigenvalue weighted by molar-refractivity contribution is 0.220. The number of carbonyl (C=O) groups is 1. The van der Waals surface area contributed by atoms with E-state index in [1.807, 2.05) is 12.1 Å². The molecule has 0 heterocycles. The van der Waals surface area contributed by atoms with Crippen molar-refractivity contribution in [1.82, 2.24) is 9.21 Å². The Morgan fingerprint density at radius 3 is 2.40 bits per heavy atom. The number of nitrogens with one attached hydrogen (secondary N) is 1. The fourth-order valence-electron chi connectivity index (χ4n) is 2.15. The average Bonchev–Trinajstić information content (AvgIpc) is 2.54. The largest absolute Gasteiger partial charge is 0.323 e. The lowest BCUT2D eigenvalue weighted by atomic mass is 10.2. The van der Waals surface area contributed by atoms with Gasteiger partial charge in [0.25, 0.3) is 0 Å². The van der Waals surface area contributed by atoms with E-state index in [4.69, 9.17) is 11.6 Å². The lowest BCUT2D eigenvalue weighted by Gasteiger charge is -2.19. The van der Waals surface area contributed by atoms with E-state index >= 15 is 0 Å². The minimum absolute atomic E-state index is 0.118. The van der Waals surface area contributed by atoms with E-state index in [9.17, 15) is 13.2 Å². The second-order valence-corrected chi connectivity index (χ2v) is 8.32. The lowest BCUT2D eigenvalue weighted by Crippen LogP contribution is -2.31. The van der Waals surface area contributed by atoms with Crippen molar-refractivity contribution in [3.8, 4) is 0 Å². The summed E-state index contributed by atoms with van der Waals surface area (Å²) in [5.74, 6) is 0. The van der Waals surface area contributed by atoms with Crippen LogP contribution in [0.1, 0.15) is 5.56 Å². The topological polar surface area (TPSA) is 69.7 Å². The maximum absolute atomic E-state index is 12.3. The smallest absolute Gasteiger partial charge is 0.321 e. The predicted octanol–water partition coefficient (Wildman–Crippen LogP) is 3.25. The maximum Gasteiger partial charge on any atom is 0.321 e. The molecular formula is C17H20ClN3O3S. The summed E-state index contributed by atoms with van der Waals surface area (Å²) in [6.45, 7) is 0.377. The summed E-state index contributed by atoms with van der Waals surface area (Å²) < 4.78 is 25.5. The van der Waals surface area contributed by atoms with Gasteiger partial charge in [0, 0.05) is 38.4 Å². The van der Waals surface area contributed by atoms with Crippen molar-refractivity contribution in [2.75, 3.05) is 26.5 Å². The van der Waals surface area contributed by atoms with Gasteiger partial charge in [-0.2, -0.15) is 0 Å². The first-order valence-electron chi connectivity index (χ1n) is 7.49. The Kier molecular flexibility index (Phi) is 6.05. The van der Waals surface area contributed by atoms with Gasteiger partial charge < -0.3 is 10.2 Å². The zero-order chi connectivity index (χ0) is 18.6.